The van der Waals surface area contributed by atoms with Crippen LogP contribution >= 0.6 is 11.3 Å². The second-order valence-electron chi connectivity index (χ2n) is 5.34. The van der Waals surface area contributed by atoms with Crippen molar-refractivity contribution in [2.75, 3.05) is 19.7 Å². The van der Waals surface area contributed by atoms with Crippen molar-refractivity contribution in [3.05, 3.63) is 40.4 Å². The molecule has 0 spiro atoms. The van der Waals surface area contributed by atoms with Crippen LogP contribution in [0.25, 0.3) is 0 Å². The lowest BCUT2D eigenvalue weighted by molar-refractivity contribution is -0.0346. The van der Waals surface area contributed by atoms with Gasteiger partial charge in [0.1, 0.15) is 11.3 Å². The molecule has 3 rings (SSSR count). The van der Waals surface area contributed by atoms with Crippen LogP contribution in [0.1, 0.15) is 22.8 Å². The molecule has 0 N–H and O–H groups in total. The average molecular weight is 304 g/mol. The highest BCUT2D eigenvalue weighted by atomic mass is 32.1. The molecule has 1 atom stereocenters. The van der Waals surface area contributed by atoms with Crippen molar-refractivity contribution in [2.45, 2.75) is 32.4 Å². The summed E-state index contributed by atoms with van der Waals surface area (Å²) in [5.41, 5.74) is 2.12. The molecule has 0 amide bonds. The highest BCUT2D eigenvalue weighted by Crippen LogP contribution is 2.15. The number of aryl methyl sites for hydroxylation is 2. The zero-order chi connectivity index (χ0) is 14.5. The third kappa shape index (κ3) is 4.30. The van der Waals surface area contributed by atoms with Crippen molar-refractivity contribution >= 4 is 11.3 Å². The van der Waals surface area contributed by atoms with E-state index >= 15 is 0 Å². The van der Waals surface area contributed by atoms with Gasteiger partial charge in [0.15, 0.2) is 0 Å². The lowest BCUT2D eigenvalue weighted by Gasteiger charge is -2.32. The van der Waals surface area contributed by atoms with E-state index in [1.165, 1.54) is 5.01 Å². The summed E-state index contributed by atoms with van der Waals surface area (Å²) in [5, 5.41) is 3.21. The van der Waals surface area contributed by atoms with Crippen molar-refractivity contribution in [1.82, 2.24) is 19.9 Å². The highest BCUT2D eigenvalue weighted by molar-refractivity contribution is 7.09. The zero-order valence-electron chi connectivity index (χ0n) is 12.2. The molecule has 3 heterocycles. The van der Waals surface area contributed by atoms with Gasteiger partial charge in [0.2, 0.25) is 0 Å². The SMILES string of the molecule is Cc1cc(CCC2CN(Cc3nccs3)CCO2)ncn1. The zero-order valence-corrected chi connectivity index (χ0v) is 13.1. The lowest BCUT2D eigenvalue weighted by atomic mass is 10.1. The number of aromatic nitrogens is 3. The minimum Gasteiger partial charge on any atom is -0.376 e. The van der Waals surface area contributed by atoms with Crippen LogP contribution in [-0.4, -0.2) is 45.7 Å². The van der Waals surface area contributed by atoms with E-state index in [1.807, 2.05) is 18.5 Å². The molecule has 1 aliphatic heterocycles. The normalized spacial score (nSPS) is 19.8. The molecule has 0 bridgehead atoms. The van der Waals surface area contributed by atoms with Gasteiger partial charge in [0, 0.05) is 36.1 Å². The Labute approximate surface area is 129 Å². The fourth-order valence-corrected chi connectivity index (χ4v) is 3.23. The van der Waals surface area contributed by atoms with Crippen LogP contribution in [0.5, 0.6) is 0 Å². The third-order valence-electron chi connectivity index (χ3n) is 3.65. The molecule has 0 saturated carbocycles. The van der Waals surface area contributed by atoms with Crippen LogP contribution in [0, 0.1) is 6.92 Å². The van der Waals surface area contributed by atoms with Gasteiger partial charge in [-0.05, 0) is 25.8 Å². The number of hydrogen-bond donors (Lipinski definition) is 0. The van der Waals surface area contributed by atoms with Crippen LogP contribution in [0.3, 0.4) is 0 Å². The van der Waals surface area contributed by atoms with E-state index in [0.29, 0.717) is 0 Å². The molecule has 112 valence electrons. The Hall–Kier alpha value is -1.37. The first-order chi connectivity index (χ1) is 10.3. The van der Waals surface area contributed by atoms with E-state index in [4.69, 9.17) is 4.74 Å². The lowest BCUT2D eigenvalue weighted by Crippen LogP contribution is -2.42. The summed E-state index contributed by atoms with van der Waals surface area (Å²) >= 11 is 1.72. The van der Waals surface area contributed by atoms with E-state index in [9.17, 15) is 0 Å². The van der Waals surface area contributed by atoms with Gasteiger partial charge in [-0.25, -0.2) is 15.0 Å². The molecule has 21 heavy (non-hydrogen) atoms. The standard InChI is InChI=1S/C15H20N4OS/c1-12-8-13(18-11-17-12)2-3-14-9-19(5-6-20-14)10-15-16-4-7-21-15/h4,7-8,11,14H,2-3,5-6,9-10H2,1H3. The third-order valence-corrected chi connectivity index (χ3v) is 4.41. The fraction of sp³-hybridized carbons (Fsp3) is 0.533. The smallest absolute Gasteiger partial charge is 0.115 e. The van der Waals surface area contributed by atoms with Crippen molar-refractivity contribution in [3.8, 4) is 0 Å². The van der Waals surface area contributed by atoms with Crippen LogP contribution in [0.2, 0.25) is 0 Å². The molecule has 1 aliphatic rings. The minimum absolute atomic E-state index is 0.286. The van der Waals surface area contributed by atoms with Gasteiger partial charge in [0.25, 0.3) is 0 Å². The fourth-order valence-electron chi connectivity index (χ4n) is 2.58. The molecule has 0 aromatic carbocycles. The van der Waals surface area contributed by atoms with Crippen LogP contribution in [-0.2, 0) is 17.7 Å². The first kappa shape index (κ1) is 14.6. The van der Waals surface area contributed by atoms with E-state index in [-0.39, 0.29) is 6.10 Å². The maximum absolute atomic E-state index is 5.88. The maximum Gasteiger partial charge on any atom is 0.115 e. The summed E-state index contributed by atoms with van der Waals surface area (Å²) in [4.78, 5) is 15.2. The monoisotopic (exact) mass is 304 g/mol. The number of morpholine rings is 1. The number of nitrogens with zero attached hydrogens (tertiary/aromatic N) is 4. The number of ether oxygens (including phenoxy) is 1. The van der Waals surface area contributed by atoms with Crippen molar-refractivity contribution in [3.63, 3.8) is 0 Å². The number of thiazole rings is 1. The van der Waals surface area contributed by atoms with Crippen molar-refractivity contribution in [1.29, 1.82) is 0 Å². The van der Waals surface area contributed by atoms with Crippen molar-refractivity contribution < 1.29 is 4.74 Å². The number of hydrogen-bond acceptors (Lipinski definition) is 6. The van der Waals surface area contributed by atoms with Gasteiger partial charge in [-0.15, -0.1) is 11.3 Å². The average Bonchev–Trinajstić information content (AvgIpc) is 2.99. The first-order valence-corrected chi connectivity index (χ1v) is 8.17. The number of rotatable bonds is 5. The molecule has 0 radical (unpaired) electrons. The quantitative estimate of drug-likeness (QED) is 0.846. The van der Waals surface area contributed by atoms with Crippen LogP contribution < -0.4 is 0 Å². The summed E-state index contributed by atoms with van der Waals surface area (Å²) in [6.07, 6.45) is 5.74. The Morgan fingerprint density at radius 3 is 3.14 bits per heavy atom. The predicted molar refractivity (Wildman–Crippen MR) is 82.2 cm³/mol. The van der Waals surface area contributed by atoms with Gasteiger partial charge in [0.05, 0.1) is 19.3 Å². The Bertz CT molecular complexity index is 561. The summed E-state index contributed by atoms with van der Waals surface area (Å²) in [7, 11) is 0. The Balaban J connectivity index is 1.49. The van der Waals surface area contributed by atoms with E-state index in [0.717, 1.165) is 50.5 Å². The molecular weight excluding hydrogens is 284 g/mol. The predicted octanol–water partition coefficient (Wildman–Crippen LogP) is 2.08. The van der Waals surface area contributed by atoms with Gasteiger partial charge in [-0.3, -0.25) is 4.90 Å². The molecule has 6 heteroatoms. The molecule has 1 saturated heterocycles. The molecule has 1 unspecified atom stereocenters. The summed E-state index contributed by atoms with van der Waals surface area (Å²) in [6, 6.07) is 2.05. The maximum atomic E-state index is 5.88. The summed E-state index contributed by atoms with van der Waals surface area (Å²) < 4.78 is 5.88. The molecule has 5 nitrogen and oxygen atoms in total. The molecular formula is C15H20N4OS. The summed E-state index contributed by atoms with van der Waals surface area (Å²) in [5.74, 6) is 0. The van der Waals surface area contributed by atoms with Gasteiger partial charge < -0.3 is 4.74 Å². The highest BCUT2D eigenvalue weighted by Gasteiger charge is 2.21. The molecule has 1 fully saturated rings. The van der Waals surface area contributed by atoms with Crippen molar-refractivity contribution in [2.24, 2.45) is 0 Å². The van der Waals surface area contributed by atoms with Crippen LogP contribution in [0.15, 0.2) is 24.0 Å². The Kier molecular flexibility index (Phi) is 4.90. The molecule has 2 aromatic heterocycles. The Morgan fingerprint density at radius 2 is 2.33 bits per heavy atom. The van der Waals surface area contributed by atoms with E-state index in [1.54, 1.807) is 17.7 Å². The molecule has 0 aliphatic carbocycles. The largest absolute Gasteiger partial charge is 0.376 e. The Morgan fingerprint density at radius 1 is 1.38 bits per heavy atom. The van der Waals surface area contributed by atoms with Gasteiger partial charge in [-0.2, -0.15) is 0 Å². The first-order valence-electron chi connectivity index (χ1n) is 7.29. The van der Waals surface area contributed by atoms with E-state index in [2.05, 4.69) is 25.9 Å². The van der Waals surface area contributed by atoms with Crippen LogP contribution in [0.4, 0.5) is 0 Å². The van der Waals surface area contributed by atoms with Gasteiger partial charge >= 0.3 is 0 Å². The van der Waals surface area contributed by atoms with Gasteiger partial charge in [-0.1, -0.05) is 0 Å². The topological polar surface area (TPSA) is 51.1 Å². The van der Waals surface area contributed by atoms with E-state index < -0.39 is 0 Å². The molecule has 2 aromatic rings. The summed E-state index contributed by atoms with van der Waals surface area (Å²) in [6.45, 7) is 5.70. The second kappa shape index (κ2) is 7.06. The minimum atomic E-state index is 0.286. The second-order valence-corrected chi connectivity index (χ2v) is 6.32.